The molecule has 0 radical (unpaired) electrons. The molecule has 184 valence electrons. The van der Waals surface area contributed by atoms with Crippen LogP contribution < -0.4 is 10.1 Å². The molecule has 0 bridgehead atoms. The molecule has 0 aromatic heterocycles. The zero-order chi connectivity index (χ0) is 24.8. The van der Waals surface area contributed by atoms with E-state index in [2.05, 4.69) is 37.2 Å². The number of hydrogen-bond donors (Lipinski definition) is 1. The minimum absolute atomic E-state index is 0.118. The van der Waals surface area contributed by atoms with Crippen molar-refractivity contribution in [2.75, 3.05) is 6.61 Å². The zero-order valence-electron chi connectivity index (χ0n) is 19.8. The van der Waals surface area contributed by atoms with Crippen molar-refractivity contribution in [2.45, 2.75) is 57.7 Å². The van der Waals surface area contributed by atoms with E-state index in [9.17, 15) is 9.59 Å². The van der Waals surface area contributed by atoms with Crippen LogP contribution in [0.2, 0.25) is 0 Å². The van der Waals surface area contributed by atoms with E-state index in [1.807, 2.05) is 60.7 Å². The number of carbonyl (C=O) groups excluding carboxylic acids is 2. The molecule has 1 aliphatic carbocycles. The maximum atomic E-state index is 13.4. The van der Waals surface area contributed by atoms with Gasteiger partial charge in [-0.15, -0.1) is 0 Å². The molecule has 0 unspecified atom stereocenters. The average Bonchev–Trinajstić information content (AvgIpc) is 2.87. The molecule has 7 heteroatoms. The van der Waals surface area contributed by atoms with E-state index >= 15 is 0 Å². The predicted molar refractivity (Wildman–Crippen MR) is 146 cm³/mol. The Hall–Kier alpha value is -2.38. The number of halogens is 2. The van der Waals surface area contributed by atoms with Crippen molar-refractivity contribution >= 4 is 54.4 Å². The third kappa shape index (κ3) is 6.64. The van der Waals surface area contributed by atoms with Crippen LogP contribution in [0.4, 0.5) is 0 Å². The van der Waals surface area contributed by atoms with E-state index in [-0.39, 0.29) is 24.5 Å². The van der Waals surface area contributed by atoms with Crippen molar-refractivity contribution in [2.24, 2.45) is 0 Å². The van der Waals surface area contributed by atoms with E-state index in [1.54, 1.807) is 11.8 Å². The lowest BCUT2D eigenvalue weighted by molar-refractivity contribution is -0.142. The molecule has 1 saturated carbocycles. The van der Waals surface area contributed by atoms with Crippen LogP contribution in [0.3, 0.4) is 0 Å². The summed E-state index contributed by atoms with van der Waals surface area (Å²) >= 11 is 7.12. The molecule has 35 heavy (non-hydrogen) atoms. The smallest absolute Gasteiger partial charge is 0.261 e. The largest absolute Gasteiger partial charge is 0.483 e. The van der Waals surface area contributed by atoms with Crippen molar-refractivity contribution < 1.29 is 14.3 Å². The number of amides is 2. The number of nitrogens with one attached hydrogen (secondary N) is 1. The fourth-order valence-electron chi connectivity index (χ4n) is 4.53. The molecule has 0 heterocycles. The van der Waals surface area contributed by atoms with E-state index in [0.717, 1.165) is 51.0 Å². The normalized spacial score (nSPS) is 14.9. The molecule has 2 amide bonds. The van der Waals surface area contributed by atoms with Crippen molar-refractivity contribution in [3.8, 4) is 5.75 Å². The Labute approximate surface area is 223 Å². The Balaban J connectivity index is 1.49. The van der Waals surface area contributed by atoms with E-state index in [1.165, 1.54) is 6.42 Å². The lowest BCUT2D eigenvalue weighted by Crippen LogP contribution is -2.51. The summed E-state index contributed by atoms with van der Waals surface area (Å²) in [6.07, 6.45) is 5.48. The molecular formula is C28H30Br2N2O3. The van der Waals surface area contributed by atoms with Crippen LogP contribution in [-0.4, -0.2) is 35.4 Å². The molecule has 4 rings (SSSR count). The molecule has 0 spiro atoms. The number of benzene rings is 3. The van der Waals surface area contributed by atoms with Crippen LogP contribution in [0, 0.1) is 0 Å². The van der Waals surface area contributed by atoms with Gasteiger partial charge in [0, 0.05) is 17.1 Å². The number of ether oxygens (including phenoxy) is 1. The maximum Gasteiger partial charge on any atom is 0.261 e. The van der Waals surface area contributed by atoms with E-state index < -0.39 is 6.04 Å². The van der Waals surface area contributed by atoms with Crippen LogP contribution in [-0.2, 0) is 16.1 Å². The second-order valence-corrected chi connectivity index (χ2v) is 10.8. The fourth-order valence-corrected chi connectivity index (χ4v) is 5.59. The van der Waals surface area contributed by atoms with Crippen LogP contribution in [0.25, 0.3) is 10.8 Å². The second-order valence-electron chi connectivity index (χ2n) is 9.06. The maximum absolute atomic E-state index is 13.4. The monoisotopic (exact) mass is 600 g/mol. The Morgan fingerprint density at radius 3 is 2.57 bits per heavy atom. The van der Waals surface area contributed by atoms with Gasteiger partial charge in [-0.3, -0.25) is 9.59 Å². The van der Waals surface area contributed by atoms with E-state index in [0.29, 0.717) is 12.3 Å². The van der Waals surface area contributed by atoms with Gasteiger partial charge in [0.1, 0.15) is 11.8 Å². The first kappa shape index (κ1) is 25.7. The number of nitrogens with zero attached hydrogens (tertiary/aromatic N) is 1. The average molecular weight is 602 g/mol. The topological polar surface area (TPSA) is 58.6 Å². The summed E-state index contributed by atoms with van der Waals surface area (Å²) in [6, 6.07) is 19.2. The van der Waals surface area contributed by atoms with Gasteiger partial charge in [-0.25, -0.2) is 0 Å². The highest BCUT2D eigenvalue weighted by Crippen LogP contribution is 2.33. The third-order valence-corrected chi connectivity index (χ3v) is 7.85. The van der Waals surface area contributed by atoms with Crippen molar-refractivity contribution in [3.05, 3.63) is 75.2 Å². The van der Waals surface area contributed by atoms with Gasteiger partial charge < -0.3 is 15.0 Å². The number of carbonyl (C=O) groups is 2. The van der Waals surface area contributed by atoms with Gasteiger partial charge in [-0.1, -0.05) is 77.7 Å². The lowest BCUT2D eigenvalue weighted by Gasteiger charge is -2.31. The minimum atomic E-state index is -0.618. The lowest BCUT2D eigenvalue weighted by atomic mass is 9.95. The first-order chi connectivity index (χ1) is 16.9. The summed E-state index contributed by atoms with van der Waals surface area (Å²) in [4.78, 5) is 28.1. The summed E-state index contributed by atoms with van der Waals surface area (Å²) in [5.41, 5.74) is 0.942. The summed E-state index contributed by atoms with van der Waals surface area (Å²) in [5, 5.41) is 5.27. The summed E-state index contributed by atoms with van der Waals surface area (Å²) in [5.74, 6) is 0.238. The van der Waals surface area contributed by atoms with Crippen LogP contribution >= 0.6 is 31.9 Å². The zero-order valence-corrected chi connectivity index (χ0v) is 23.0. The SMILES string of the molecule is C[C@H](C(=O)NC1CCCCC1)N(Cc1cccc(Br)c1)C(=O)COc1ccc2ccccc2c1Br. The predicted octanol–water partition coefficient (Wildman–Crippen LogP) is 6.61. The first-order valence-corrected chi connectivity index (χ1v) is 13.7. The second kappa shape index (κ2) is 12.0. The number of hydrogen-bond acceptors (Lipinski definition) is 3. The van der Waals surface area contributed by atoms with Gasteiger partial charge in [0.2, 0.25) is 5.91 Å². The summed E-state index contributed by atoms with van der Waals surface area (Å²) < 4.78 is 7.69. The summed E-state index contributed by atoms with van der Waals surface area (Å²) in [6.45, 7) is 1.95. The number of fused-ring (bicyclic) bond motifs is 1. The molecule has 5 nitrogen and oxygen atoms in total. The van der Waals surface area contributed by atoms with Gasteiger partial charge >= 0.3 is 0 Å². The summed E-state index contributed by atoms with van der Waals surface area (Å²) in [7, 11) is 0. The van der Waals surface area contributed by atoms with Crippen molar-refractivity contribution in [1.82, 2.24) is 10.2 Å². The molecule has 1 aliphatic rings. The molecule has 0 aliphatic heterocycles. The van der Waals surface area contributed by atoms with Crippen LogP contribution in [0.15, 0.2) is 69.6 Å². The van der Waals surface area contributed by atoms with Gasteiger partial charge in [-0.2, -0.15) is 0 Å². The fraction of sp³-hybridized carbons (Fsp3) is 0.357. The van der Waals surface area contributed by atoms with Crippen LogP contribution in [0.5, 0.6) is 5.75 Å². The molecule has 3 aromatic rings. The molecule has 1 N–H and O–H groups in total. The highest BCUT2D eigenvalue weighted by Gasteiger charge is 2.28. The van der Waals surface area contributed by atoms with E-state index in [4.69, 9.17) is 4.74 Å². The quantitative estimate of drug-likeness (QED) is 0.316. The molecule has 1 atom stereocenters. The van der Waals surface area contributed by atoms with Gasteiger partial charge in [-0.05, 0) is 70.2 Å². The van der Waals surface area contributed by atoms with Crippen molar-refractivity contribution in [1.29, 1.82) is 0 Å². The minimum Gasteiger partial charge on any atom is -0.483 e. The Bertz CT molecular complexity index is 1190. The highest BCUT2D eigenvalue weighted by atomic mass is 79.9. The highest BCUT2D eigenvalue weighted by molar-refractivity contribution is 9.11. The van der Waals surface area contributed by atoms with Crippen LogP contribution in [0.1, 0.15) is 44.6 Å². The molecule has 1 fully saturated rings. The van der Waals surface area contributed by atoms with Gasteiger partial charge in [0.05, 0.1) is 4.47 Å². The third-order valence-electron chi connectivity index (χ3n) is 6.54. The first-order valence-electron chi connectivity index (χ1n) is 12.1. The Kier molecular flexibility index (Phi) is 8.84. The standard InChI is InChI=1S/C28H30Br2N2O3/c1-19(28(34)31-23-11-3-2-4-12-23)32(17-20-8-7-10-22(29)16-20)26(33)18-35-25-15-14-21-9-5-6-13-24(21)27(25)30/h5-10,13-16,19,23H,2-4,11-12,17-18H2,1H3,(H,31,34)/t19-/m1/s1. The molecule has 0 saturated heterocycles. The van der Waals surface area contributed by atoms with Gasteiger partial charge in [0.15, 0.2) is 6.61 Å². The van der Waals surface area contributed by atoms with Crippen molar-refractivity contribution in [3.63, 3.8) is 0 Å². The Morgan fingerprint density at radius 1 is 1.03 bits per heavy atom. The molecule has 3 aromatic carbocycles. The Morgan fingerprint density at radius 2 is 1.80 bits per heavy atom. The number of rotatable bonds is 8. The van der Waals surface area contributed by atoms with Gasteiger partial charge in [0.25, 0.3) is 5.91 Å². The molecular weight excluding hydrogens is 572 g/mol.